The molecule has 2 aromatic carbocycles. The van der Waals surface area contributed by atoms with Crippen molar-refractivity contribution < 1.29 is 22.0 Å². The fourth-order valence-electron chi connectivity index (χ4n) is 3.37. The first-order chi connectivity index (χ1) is 13.9. The first-order valence-corrected chi connectivity index (χ1v) is 9.24. The van der Waals surface area contributed by atoms with Gasteiger partial charge in [0.1, 0.15) is 5.82 Å². The SMILES string of the molecule is Fc1ccc(-c2cnc(CN3CCN(c4cccc(C(F)(F)F)c4)CC3)o2)cc1. The summed E-state index contributed by atoms with van der Waals surface area (Å²) in [4.78, 5) is 8.38. The van der Waals surface area contributed by atoms with Crippen molar-refractivity contribution in [3.05, 3.63) is 72.0 Å². The van der Waals surface area contributed by atoms with Gasteiger partial charge in [0.15, 0.2) is 5.76 Å². The lowest BCUT2D eigenvalue weighted by atomic mass is 10.1. The second-order valence-electron chi connectivity index (χ2n) is 6.94. The minimum absolute atomic E-state index is 0.313. The Morgan fingerprint density at radius 1 is 0.966 bits per heavy atom. The monoisotopic (exact) mass is 405 g/mol. The zero-order valence-electron chi connectivity index (χ0n) is 15.5. The first-order valence-electron chi connectivity index (χ1n) is 9.24. The summed E-state index contributed by atoms with van der Waals surface area (Å²) in [7, 11) is 0. The molecule has 0 amide bonds. The van der Waals surface area contributed by atoms with Gasteiger partial charge in [-0.1, -0.05) is 6.07 Å². The standard InChI is InChI=1S/C21H19F4N3O/c22-17-6-4-15(5-7-17)19-13-26-20(29-19)14-27-8-10-28(11-9-27)18-3-1-2-16(12-18)21(23,24)25/h1-7,12-13H,8-11,14H2. The van der Waals surface area contributed by atoms with Gasteiger partial charge in [0.2, 0.25) is 5.89 Å². The van der Waals surface area contributed by atoms with E-state index in [0.29, 0.717) is 50.1 Å². The summed E-state index contributed by atoms with van der Waals surface area (Å²) in [6, 6.07) is 11.4. The Morgan fingerprint density at radius 3 is 2.38 bits per heavy atom. The van der Waals surface area contributed by atoms with E-state index in [-0.39, 0.29) is 5.82 Å². The summed E-state index contributed by atoms with van der Waals surface area (Å²) >= 11 is 0. The molecule has 152 valence electrons. The molecule has 3 aromatic rings. The van der Waals surface area contributed by atoms with Crippen molar-refractivity contribution in [1.82, 2.24) is 9.88 Å². The highest BCUT2D eigenvalue weighted by Crippen LogP contribution is 2.32. The summed E-state index contributed by atoms with van der Waals surface area (Å²) in [5.74, 6) is 0.812. The van der Waals surface area contributed by atoms with Crippen molar-refractivity contribution in [2.75, 3.05) is 31.1 Å². The number of benzene rings is 2. The smallest absolute Gasteiger partial charge is 0.416 e. The number of halogens is 4. The van der Waals surface area contributed by atoms with E-state index < -0.39 is 11.7 Å². The number of hydrogen-bond acceptors (Lipinski definition) is 4. The van der Waals surface area contributed by atoms with Gasteiger partial charge in [-0.25, -0.2) is 9.37 Å². The van der Waals surface area contributed by atoms with E-state index in [2.05, 4.69) is 9.88 Å². The van der Waals surface area contributed by atoms with Crippen LogP contribution in [0.25, 0.3) is 11.3 Å². The molecule has 0 N–H and O–H groups in total. The van der Waals surface area contributed by atoms with Crippen LogP contribution in [-0.2, 0) is 12.7 Å². The Hall–Kier alpha value is -2.87. The van der Waals surface area contributed by atoms with Crippen molar-refractivity contribution in [3.8, 4) is 11.3 Å². The van der Waals surface area contributed by atoms with E-state index in [1.54, 1.807) is 24.4 Å². The second-order valence-corrected chi connectivity index (χ2v) is 6.94. The van der Waals surface area contributed by atoms with Crippen LogP contribution in [0.4, 0.5) is 23.2 Å². The van der Waals surface area contributed by atoms with Crippen molar-refractivity contribution in [1.29, 1.82) is 0 Å². The molecule has 0 aliphatic carbocycles. The zero-order chi connectivity index (χ0) is 20.4. The third kappa shape index (κ3) is 4.59. The molecule has 1 aliphatic rings. The Balaban J connectivity index is 1.35. The van der Waals surface area contributed by atoms with Gasteiger partial charge in [0, 0.05) is 37.4 Å². The van der Waals surface area contributed by atoms with Crippen molar-refractivity contribution in [3.63, 3.8) is 0 Å². The second kappa shape index (κ2) is 7.87. The molecule has 1 fully saturated rings. The molecule has 29 heavy (non-hydrogen) atoms. The van der Waals surface area contributed by atoms with Crippen molar-refractivity contribution >= 4 is 5.69 Å². The number of alkyl halides is 3. The van der Waals surface area contributed by atoms with Crippen LogP contribution >= 0.6 is 0 Å². The van der Waals surface area contributed by atoms with Crippen LogP contribution in [0, 0.1) is 5.82 Å². The van der Waals surface area contributed by atoms with Crippen LogP contribution in [-0.4, -0.2) is 36.1 Å². The zero-order valence-corrected chi connectivity index (χ0v) is 15.5. The molecule has 1 aromatic heterocycles. The van der Waals surface area contributed by atoms with Crippen LogP contribution in [0.2, 0.25) is 0 Å². The maximum atomic E-state index is 13.0. The summed E-state index contributed by atoms with van der Waals surface area (Å²) in [5, 5.41) is 0. The number of nitrogens with zero attached hydrogens (tertiary/aromatic N) is 3. The topological polar surface area (TPSA) is 32.5 Å². The molecular formula is C21H19F4N3O. The maximum Gasteiger partial charge on any atom is 0.416 e. The fourth-order valence-corrected chi connectivity index (χ4v) is 3.37. The highest BCUT2D eigenvalue weighted by molar-refractivity contribution is 5.56. The third-order valence-electron chi connectivity index (χ3n) is 4.95. The number of anilines is 1. The normalized spacial score (nSPS) is 15.7. The number of hydrogen-bond donors (Lipinski definition) is 0. The third-order valence-corrected chi connectivity index (χ3v) is 4.95. The molecule has 0 atom stereocenters. The molecule has 0 bridgehead atoms. The molecule has 0 saturated carbocycles. The Labute approximate surface area is 165 Å². The lowest BCUT2D eigenvalue weighted by Gasteiger charge is -2.35. The van der Waals surface area contributed by atoms with Gasteiger partial charge in [0.25, 0.3) is 0 Å². The van der Waals surface area contributed by atoms with Crippen LogP contribution in [0.15, 0.2) is 59.1 Å². The van der Waals surface area contributed by atoms with E-state index in [9.17, 15) is 17.6 Å². The number of aromatic nitrogens is 1. The van der Waals surface area contributed by atoms with Crippen LogP contribution in [0.3, 0.4) is 0 Å². The Kier molecular flexibility index (Phi) is 5.27. The van der Waals surface area contributed by atoms with Crippen LogP contribution < -0.4 is 4.90 Å². The predicted molar refractivity (Wildman–Crippen MR) is 101 cm³/mol. The molecule has 0 radical (unpaired) electrons. The van der Waals surface area contributed by atoms with Crippen LogP contribution in [0.5, 0.6) is 0 Å². The largest absolute Gasteiger partial charge is 0.439 e. The molecule has 0 spiro atoms. The van der Waals surface area contributed by atoms with Crippen molar-refractivity contribution in [2.45, 2.75) is 12.7 Å². The Bertz CT molecular complexity index is 961. The summed E-state index contributed by atoms with van der Waals surface area (Å²) in [5.41, 5.74) is 0.694. The minimum atomic E-state index is -4.34. The number of piperazine rings is 1. The van der Waals surface area contributed by atoms with Gasteiger partial charge < -0.3 is 9.32 Å². The van der Waals surface area contributed by atoms with E-state index in [1.807, 2.05) is 4.90 Å². The number of oxazole rings is 1. The van der Waals surface area contributed by atoms with Gasteiger partial charge in [-0.15, -0.1) is 0 Å². The summed E-state index contributed by atoms with van der Waals surface area (Å²) in [6.45, 7) is 3.12. The average Bonchev–Trinajstić information content (AvgIpc) is 3.17. The number of rotatable bonds is 4. The van der Waals surface area contributed by atoms with Crippen LogP contribution in [0.1, 0.15) is 11.5 Å². The molecule has 2 heterocycles. The maximum absolute atomic E-state index is 13.0. The van der Waals surface area contributed by atoms with E-state index >= 15 is 0 Å². The highest BCUT2D eigenvalue weighted by atomic mass is 19.4. The molecule has 4 nitrogen and oxygen atoms in total. The molecular weight excluding hydrogens is 386 g/mol. The lowest BCUT2D eigenvalue weighted by Crippen LogP contribution is -2.46. The van der Waals surface area contributed by atoms with Gasteiger partial charge in [-0.2, -0.15) is 13.2 Å². The van der Waals surface area contributed by atoms with E-state index in [4.69, 9.17) is 4.42 Å². The molecule has 4 rings (SSSR count). The Morgan fingerprint density at radius 2 is 1.69 bits per heavy atom. The highest BCUT2D eigenvalue weighted by Gasteiger charge is 2.31. The molecule has 8 heteroatoms. The minimum Gasteiger partial charge on any atom is -0.439 e. The summed E-state index contributed by atoms with van der Waals surface area (Å²) < 4.78 is 57.6. The average molecular weight is 405 g/mol. The van der Waals surface area contributed by atoms with E-state index in [0.717, 1.165) is 11.6 Å². The lowest BCUT2D eigenvalue weighted by molar-refractivity contribution is -0.137. The quantitative estimate of drug-likeness (QED) is 0.583. The fraction of sp³-hybridized carbons (Fsp3) is 0.286. The predicted octanol–water partition coefficient (Wildman–Crippen LogP) is 4.82. The van der Waals surface area contributed by atoms with Gasteiger partial charge in [0.05, 0.1) is 18.3 Å². The van der Waals surface area contributed by atoms with Gasteiger partial charge in [-0.3, -0.25) is 4.90 Å². The van der Waals surface area contributed by atoms with Crippen molar-refractivity contribution in [2.24, 2.45) is 0 Å². The first kappa shape index (κ1) is 19.4. The molecule has 0 unspecified atom stereocenters. The molecule has 1 aliphatic heterocycles. The summed E-state index contributed by atoms with van der Waals surface area (Å²) in [6.07, 6.45) is -2.73. The van der Waals surface area contributed by atoms with Gasteiger partial charge >= 0.3 is 6.18 Å². The van der Waals surface area contributed by atoms with E-state index in [1.165, 1.54) is 24.3 Å². The molecule has 1 saturated heterocycles. The van der Waals surface area contributed by atoms with Gasteiger partial charge in [-0.05, 0) is 42.5 Å².